The average molecular weight is 213 g/mol. The maximum absolute atomic E-state index is 5.52. The van der Waals surface area contributed by atoms with Gasteiger partial charge in [-0.3, -0.25) is 0 Å². The first-order chi connectivity index (χ1) is 7.43. The van der Waals surface area contributed by atoms with Gasteiger partial charge in [0.15, 0.2) is 0 Å². The lowest BCUT2D eigenvalue weighted by atomic mass is 10.2. The molecule has 15 heavy (non-hydrogen) atoms. The molecule has 0 radical (unpaired) electrons. The van der Waals surface area contributed by atoms with E-state index in [0.29, 0.717) is 0 Å². The second-order valence-electron chi connectivity index (χ2n) is 3.91. The van der Waals surface area contributed by atoms with Crippen LogP contribution >= 0.6 is 0 Å². The van der Waals surface area contributed by atoms with E-state index in [0.717, 1.165) is 39.3 Å². The number of ether oxygens (including phenoxy) is 2. The SMILES string of the molecule is C=CCCCCCNCC1COCCO1. The zero-order chi connectivity index (χ0) is 10.8. The van der Waals surface area contributed by atoms with Gasteiger partial charge in [0.25, 0.3) is 0 Å². The third kappa shape index (κ3) is 6.66. The van der Waals surface area contributed by atoms with E-state index in [1.807, 2.05) is 6.08 Å². The van der Waals surface area contributed by atoms with E-state index in [1.165, 1.54) is 19.3 Å². The minimum Gasteiger partial charge on any atom is -0.376 e. The zero-order valence-corrected chi connectivity index (χ0v) is 9.54. The fraction of sp³-hybridized carbons (Fsp3) is 0.833. The molecule has 0 amide bonds. The summed E-state index contributed by atoms with van der Waals surface area (Å²) < 4.78 is 10.8. The van der Waals surface area contributed by atoms with Crippen LogP contribution in [0.25, 0.3) is 0 Å². The molecule has 0 aliphatic carbocycles. The second-order valence-corrected chi connectivity index (χ2v) is 3.91. The first kappa shape index (κ1) is 12.7. The lowest BCUT2D eigenvalue weighted by molar-refractivity contribution is -0.0863. The number of unbranched alkanes of at least 4 members (excludes halogenated alkanes) is 3. The van der Waals surface area contributed by atoms with Crippen LogP contribution in [0.4, 0.5) is 0 Å². The van der Waals surface area contributed by atoms with Crippen LogP contribution < -0.4 is 5.32 Å². The van der Waals surface area contributed by atoms with Gasteiger partial charge in [-0.1, -0.05) is 12.5 Å². The number of nitrogens with one attached hydrogen (secondary N) is 1. The molecule has 0 aromatic carbocycles. The van der Waals surface area contributed by atoms with Crippen molar-refractivity contribution in [2.45, 2.75) is 31.8 Å². The van der Waals surface area contributed by atoms with Crippen molar-refractivity contribution >= 4 is 0 Å². The van der Waals surface area contributed by atoms with Crippen LogP contribution in [0.15, 0.2) is 12.7 Å². The largest absolute Gasteiger partial charge is 0.376 e. The Morgan fingerprint density at radius 3 is 2.93 bits per heavy atom. The smallest absolute Gasteiger partial charge is 0.0933 e. The summed E-state index contributed by atoms with van der Waals surface area (Å²) in [5, 5.41) is 3.40. The molecule has 1 heterocycles. The van der Waals surface area contributed by atoms with E-state index in [1.54, 1.807) is 0 Å². The topological polar surface area (TPSA) is 30.5 Å². The van der Waals surface area contributed by atoms with E-state index in [4.69, 9.17) is 9.47 Å². The first-order valence-electron chi connectivity index (χ1n) is 5.94. The first-order valence-corrected chi connectivity index (χ1v) is 5.94. The van der Waals surface area contributed by atoms with Crippen LogP contribution in [-0.4, -0.2) is 39.0 Å². The molecule has 88 valence electrons. The Hall–Kier alpha value is -0.380. The molecule has 1 aliphatic rings. The van der Waals surface area contributed by atoms with Crippen molar-refractivity contribution in [2.24, 2.45) is 0 Å². The summed E-state index contributed by atoms with van der Waals surface area (Å²) >= 11 is 0. The maximum Gasteiger partial charge on any atom is 0.0933 e. The Balaban J connectivity index is 1.81. The Kier molecular flexibility index (Phi) is 7.52. The van der Waals surface area contributed by atoms with Crippen molar-refractivity contribution < 1.29 is 9.47 Å². The fourth-order valence-corrected chi connectivity index (χ4v) is 1.63. The molecule has 1 aliphatic heterocycles. The monoisotopic (exact) mass is 213 g/mol. The molecule has 1 unspecified atom stereocenters. The van der Waals surface area contributed by atoms with Gasteiger partial charge >= 0.3 is 0 Å². The molecule has 1 rings (SSSR count). The van der Waals surface area contributed by atoms with E-state index in [2.05, 4.69) is 11.9 Å². The van der Waals surface area contributed by atoms with Crippen LogP contribution in [0.5, 0.6) is 0 Å². The molecule has 0 aromatic rings. The van der Waals surface area contributed by atoms with Crippen LogP contribution in [0.1, 0.15) is 25.7 Å². The van der Waals surface area contributed by atoms with Gasteiger partial charge in [-0.25, -0.2) is 0 Å². The molecule has 3 heteroatoms. The Labute approximate surface area is 92.8 Å². The highest BCUT2D eigenvalue weighted by molar-refractivity contribution is 4.66. The minimum atomic E-state index is 0.256. The van der Waals surface area contributed by atoms with Gasteiger partial charge in [0.2, 0.25) is 0 Å². The van der Waals surface area contributed by atoms with Crippen LogP contribution in [0, 0.1) is 0 Å². The predicted molar refractivity (Wildman–Crippen MR) is 62.1 cm³/mol. The highest BCUT2D eigenvalue weighted by atomic mass is 16.6. The molecule has 0 saturated carbocycles. The molecule has 1 fully saturated rings. The highest BCUT2D eigenvalue weighted by Gasteiger charge is 2.12. The average Bonchev–Trinajstić information content (AvgIpc) is 2.29. The normalized spacial score (nSPS) is 21.5. The van der Waals surface area contributed by atoms with Gasteiger partial charge in [0.1, 0.15) is 0 Å². The lowest BCUT2D eigenvalue weighted by Crippen LogP contribution is -2.37. The van der Waals surface area contributed by atoms with Crippen LogP contribution in [0.3, 0.4) is 0 Å². The summed E-state index contributed by atoms with van der Waals surface area (Å²) in [4.78, 5) is 0. The quantitative estimate of drug-likeness (QED) is 0.492. The Morgan fingerprint density at radius 1 is 1.27 bits per heavy atom. The Bertz CT molecular complexity index is 156. The highest BCUT2D eigenvalue weighted by Crippen LogP contribution is 2.00. The zero-order valence-electron chi connectivity index (χ0n) is 9.54. The minimum absolute atomic E-state index is 0.256. The molecule has 0 aromatic heterocycles. The number of hydrogen-bond acceptors (Lipinski definition) is 3. The number of rotatable bonds is 8. The lowest BCUT2D eigenvalue weighted by Gasteiger charge is -2.23. The molecule has 1 atom stereocenters. The van der Waals surface area contributed by atoms with Crippen molar-refractivity contribution in [1.29, 1.82) is 0 Å². The van der Waals surface area contributed by atoms with E-state index in [-0.39, 0.29) is 6.10 Å². The molecule has 3 nitrogen and oxygen atoms in total. The molecular formula is C12H23NO2. The summed E-state index contributed by atoms with van der Waals surface area (Å²) in [6, 6.07) is 0. The van der Waals surface area contributed by atoms with Gasteiger partial charge in [-0.2, -0.15) is 0 Å². The number of hydrogen-bond donors (Lipinski definition) is 1. The standard InChI is InChI=1S/C12H23NO2/c1-2-3-4-5-6-7-13-10-12-11-14-8-9-15-12/h2,12-13H,1,3-11H2. The molecule has 1 N–H and O–H groups in total. The van der Waals surface area contributed by atoms with E-state index >= 15 is 0 Å². The van der Waals surface area contributed by atoms with Crippen molar-refractivity contribution in [2.75, 3.05) is 32.9 Å². The summed E-state index contributed by atoms with van der Waals surface area (Å²) in [5.74, 6) is 0. The van der Waals surface area contributed by atoms with Gasteiger partial charge in [0.05, 0.1) is 25.9 Å². The molecular weight excluding hydrogens is 190 g/mol. The van der Waals surface area contributed by atoms with Gasteiger partial charge < -0.3 is 14.8 Å². The van der Waals surface area contributed by atoms with Crippen LogP contribution in [-0.2, 0) is 9.47 Å². The van der Waals surface area contributed by atoms with Crippen molar-refractivity contribution in [3.8, 4) is 0 Å². The van der Waals surface area contributed by atoms with Gasteiger partial charge in [-0.15, -0.1) is 6.58 Å². The molecule has 1 saturated heterocycles. The van der Waals surface area contributed by atoms with Crippen molar-refractivity contribution in [3.05, 3.63) is 12.7 Å². The predicted octanol–water partition coefficient (Wildman–Crippen LogP) is 1.74. The second kappa shape index (κ2) is 8.89. The Morgan fingerprint density at radius 2 is 2.20 bits per heavy atom. The van der Waals surface area contributed by atoms with Crippen LogP contribution in [0.2, 0.25) is 0 Å². The van der Waals surface area contributed by atoms with Gasteiger partial charge in [0, 0.05) is 6.54 Å². The summed E-state index contributed by atoms with van der Waals surface area (Å²) in [7, 11) is 0. The fourth-order valence-electron chi connectivity index (χ4n) is 1.63. The molecule has 0 bridgehead atoms. The van der Waals surface area contributed by atoms with Crippen molar-refractivity contribution in [1.82, 2.24) is 5.32 Å². The summed E-state index contributed by atoms with van der Waals surface area (Å²) in [5.41, 5.74) is 0. The third-order valence-corrected chi connectivity index (χ3v) is 2.52. The van der Waals surface area contributed by atoms with E-state index < -0.39 is 0 Å². The summed E-state index contributed by atoms with van der Waals surface area (Å²) in [6.45, 7) is 7.94. The summed E-state index contributed by atoms with van der Waals surface area (Å²) in [6.07, 6.45) is 7.16. The molecule has 0 spiro atoms. The number of allylic oxidation sites excluding steroid dienone is 1. The van der Waals surface area contributed by atoms with Crippen molar-refractivity contribution in [3.63, 3.8) is 0 Å². The third-order valence-electron chi connectivity index (χ3n) is 2.52. The van der Waals surface area contributed by atoms with Gasteiger partial charge in [-0.05, 0) is 25.8 Å². The maximum atomic E-state index is 5.52. The van der Waals surface area contributed by atoms with E-state index in [9.17, 15) is 0 Å².